The van der Waals surface area contributed by atoms with Gasteiger partial charge in [-0.3, -0.25) is 0 Å². The lowest BCUT2D eigenvalue weighted by Crippen LogP contribution is -2.61. The van der Waals surface area contributed by atoms with Gasteiger partial charge in [-0.2, -0.15) is 0 Å². The predicted octanol–water partition coefficient (Wildman–Crippen LogP) is 16.6. The molecule has 9 aromatic carbocycles. The van der Waals surface area contributed by atoms with Crippen LogP contribution in [-0.4, -0.2) is 11.3 Å². The fraction of sp³-hybridized carbons (Fsp3) is 0.194. The van der Waals surface area contributed by atoms with Gasteiger partial charge in [-0.1, -0.05) is 139 Å². The summed E-state index contributed by atoms with van der Waals surface area (Å²) in [5, 5.41) is 4.84. The maximum Gasteiger partial charge on any atom is 0.252 e. The van der Waals surface area contributed by atoms with Crippen LogP contribution in [0.15, 0.2) is 168 Å². The fourth-order valence-corrected chi connectivity index (χ4v) is 12.5. The summed E-state index contributed by atoms with van der Waals surface area (Å²) in [5.74, 6) is 0. The second-order valence-corrected chi connectivity index (χ2v) is 22.9. The second-order valence-electron chi connectivity index (χ2n) is 22.9. The van der Waals surface area contributed by atoms with Gasteiger partial charge in [0.25, 0.3) is 6.71 Å². The van der Waals surface area contributed by atoms with Crippen molar-refractivity contribution < 1.29 is 4.42 Å². The van der Waals surface area contributed by atoms with Crippen molar-refractivity contribution in [2.45, 2.75) is 87.0 Å². The van der Waals surface area contributed by atoms with Gasteiger partial charge < -0.3 is 18.8 Å². The minimum Gasteiger partial charge on any atom is -0.455 e. The first-order valence-corrected chi connectivity index (χ1v) is 25.7. The van der Waals surface area contributed by atoms with Crippen LogP contribution in [0.2, 0.25) is 0 Å². The predicted molar refractivity (Wildman–Crippen MR) is 309 cm³/mol. The molecular formula is C67H60BN3O. The normalized spacial score (nSPS) is 13.4. The zero-order chi connectivity index (χ0) is 49.7. The van der Waals surface area contributed by atoms with Gasteiger partial charge in [0.2, 0.25) is 0 Å². The number of aryl methyl sites for hydroxylation is 5. The van der Waals surface area contributed by atoms with Crippen LogP contribution < -0.4 is 26.2 Å². The highest BCUT2D eigenvalue weighted by Gasteiger charge is 2.45. The van der Waals surface area contributed by atoms with Gasteiger partial charge >= 0.3 is 0 Å². The van der Waals surface area contributed by atoms with E-state index in [0.29, 0.717) is 0 Å². The van der Waals surface area contributed by atoms with Crippen LogP contribution >= 0.6 is 0 Å². The van der Waals surface area contributed by atoms with Crippen molar-refractivity contribution in [2.75, 3.05) is 9.80 Å². The number of benzene rings is 9. The average molecular weight is 934 g/mol. The number of para-hydroxylation sites is 4. The Labute approximate surface area is 424 Å². The molecule has 0 N–H and O–H groups in total. The molecule has 0 radical (unpaired) electrons. The first kappa shape index (κ1) is 44.2. The minimum absolute atomic E-state index is 0.0137. The van der Waals surface area contributed by atoms with E-state index in [-0.39, 0.29) is 17.5 Å². The monoisotopic (exact) mass is 933 g/mol. The zero-order valence-corrected chi connectivity index (χ0v) is 43.4. The van der Waals surface area contributed by atoms with Gasteiger partial charge in [-0.25, -0.2) is 0 Å². The average Bonchev–Trinajstić information content (AvgIpc) is 3.89. The van der Waals surface area contributed by atoms with E-state index in [0.717, 1.165) is 38.8 Å². The Morgan fingerprint density at radius 3 is 1.71 bits per heavy atom. The zero-order valence-electron chi connectivity index (χ0n) is 43.4. The molecule has 0 amide bonds. The maximum absolute atomic E-state index is 6.63. The van der Waals surface area contributed by atoms with E-state index in [1.54, 1.807) is 0 Å². The van der Waals surface area contributed by atoms with E-state index in [4.69, 9.17) is 4.42 Å². The van der Waals surface area contributed by atoms with Crippen LogP contribution in [0, 0.1) is 34.6 Å². The molecule has 4 nitrogen and oxygen atoms in total. The van der Waals surface area contributed by atoms with Gasteiger partial charge in [0.05, 0.1) is 22.4 Å². The van der Waals surface area contributed by atoms with E-state index in [1.165, 1.54) is 111 Å². The Morgan fingerprint density at radius 2 is 1.01 bits per heavy atom. The molecule has 11 aromatic rings. The van der Waals surface area contributed by atoms with Gasteiger partial charge in [0.1, 0.15) is 11.2 Å². The Morgan fingerprint density at radius 1 is 0.431 bits per heavy atom. The second kappa shape index (κ2) is 15.6. The van der Waals surface area contributed by atoms with Crippen molar-refractivity contribution in [3.8, 4) is 16.8 Å². The van der Waals surface area contributed by atoms with Gasteiger partial charge in [0, 0.05) is 55.5 Å². The van der Waals surface area contributed by atoms with Crippen molar-refractivity contribution in [2.24, 2.45) is 0 Å². The first-order valence-electron chi connectivity index (χ1n) is 25.7. The van der Waals surface area contributed by atoms with Crippen LogP contribution in [0.5, 0.6) is 0 Å². The van der Waals surface area contributed by atoms with E-state index in [1.807, 2.05) is 0 Å². The van der Waals surface area contributed by atoms with E-state index >= 15 is 0 Å². The number of aromatic nitrogens is 1. The first-order chi connectivity index (χ1) is 34.5. The fourth-order valence-electron chi connectivity index (χ4n) is 12.5. The molecule has 352 valence electrons. The van der Waals surface area contributed by atoms with Crippen molar-refractivity contribution >= 4 is 101 Å². The van der Waals surface area contributed by atoms with Crippen LogP contribution in [-0.2, 0) is 10.8 Å². The lowest BCUT2D eigenvalue weighted by molar-refractivity contribution is 0.590. The van der Waals surface area contributed by atoms with Crippen LogP contribution in [0.4, 0.5) is 34.1 Å². The Hall–Kier alpha value is -7.76. The van der Waals surface area contributed by atoms with Crippen molar-refractivity contribution in [1.82, 2.24) is 4.57 Å². The summed E-state index contributed by atoms with van der Waals surface area (Å²) >= 11 is 0. The number of hydrogen-bond acceptors (Lipinski definition) is 3. The summed E-state index contributed by atoms with van der Waals surface area (Å²) in [6.07, 6.45) is 0. The van der Waals surface area contributed by atoms with E-state index < -0.39 is 0 Å². The minimum atomic E-state index is -0.0716. The third kappa shape index (κ3) is 6.52. The topological polar surface area (TPSA) is 24.6 Å². The number of hydrogen-bond donors (Lipinski definition) is 0. The molecule has 0 saturated heterocycles. The molecule has 2 aromatic heterocycles. The molecule has 2 aliphatic rings. The van der Waals surface area contributed by atoms with Gasteiger partial charge in [-0.15, -0.1) is 0 Å². The van der Waals surface area contributed by atoms with E-state index in [9.17, 15) is 0 Å². The van der Waals surface area contributed by atoms with Crippen LogP contribution in [0.25, 0.3) is 60.6 Å². The van der Waals surface area contributed by atoms with Crippen LogP contribution in [0.1, 0.15) is 80.5 Å². The molecule has 0 aliphatic carbocycles. The molecule has 72 heavy (non-hydrogen) atoms. The molecular weight excluding hydrogens is 874 g/mol. The SMILES string of the molecule is Cc1cc2c3c(c1)N(c1c(C)cccc1C)c1cc4c(cc1B3c1ccc(C(C)(C)C)cc1N2c1c(C)cc(-c2cccc3c2oc2ccccc23)cc1C)c1cc(C(C)(C)C)ccc1n4-c1ccccc1. The molecule has 0 spiro atoms. The summed E-state index contributed by atoms with van der Waals surface area (Å²) in [5.41, 5.74) is 27.8. The third-order valence-electron chi connectivity index (χ3n) is 15.9. The summed E-state index contributed by atoms with van der Waals surface area (Å²) in [6, 6.07) is 62.0. The highest BCUT2D eigenvalue weighted by atomic mass is 16.3. The summed E-state index contributed by atoms with van der Waals surface area (Å²) in [4.78, 5) is 5.26. The Bertz CT molecular complexity index is 4040. The van der Waals surface area contributed by atoms with E-state index in [2.05, 4.69) is 254 Å². The molecule has 0 saturated carbocycles. The Kier molecular flexibility index (Phi) is 9.59. The number of rotatable bonds is 4. The quantitative estimate of drug-likeness (QED) is 0.164. The summed E-state index contributed by atoms with van der Waals surface area (Å²) < 4.78 is 9.12. The maximum atomic E-state index is 6.63. The largest absolute Gasteiger partial charge is 0.455 e. The molecule has 0 unspecified atom stereocenters. The van der Waals surface area contributed by atoms with Gasteiger partial charge in [0.15, 0.2) is 0 Å². The molecule has 0 atom stereocenters. The van der Waals surface area contributed by atoms with Gasteiger partial charge in [-0.05, 0) is 173 Å². The third-order valence-corrected chi connectivity index (χ3v) is 15.9. The van der Waals surface area contributed by atoms with Crippen molar-refractivity contribution in [3.63, 3.8) is 0 Å². The molecule has 5 heteroatoms. The Balaban J connectivity index is 1.12. The number of furan rings is 1. The molecule has 0 bridgehead atoms. The number of fused-ring (bicyclic) bond motifs is 10. The van der Waals surface area contributed by atoms with Crippen molar-refractivity contribution in [3.05, 3.63) is 203 Å². The lowest BCUT2D eigenvalue weighted by Gasteiger charge is -2.46. The molecule has 4 heterocycles. The summed E-state index contributed by atoms with van der Waals surface area (Å²) in [6.45, 7) is 25.4. The number of anilines is 6. The van der Waals surface area contributed by atoms with Crippen molar-refractivity contribution in [1.29, 1.82) is 0 Å². The summed E-state index contributed by atoms with van der Waals surface area (Å²) in [7, 11) is 0. The highest BCUT2D eigenvalue weighted by Crippen LogP contribution is 2.50. The highest BCUT2D eigenvalue weighted by molar-refractivity contribution is 7.00. The number of nitrogens with zero attached hydrogens (tertiary/aromatic N) is 3. The lowest BCUT2D eigenvalue weighted by atomic mass is 9.33. The smallest absolute Gasteiger partial charge is 0.252 e. The standard InChI is InChI=1S/C67H60BN3O/c1-39-31-59-62-60(32-39)71(63-40(2)19-17-20-41(63)3)58-38-56-52(51-35-45(66(6,7)8)28-30-55(51)69(56)47-21-13-12-14-22-47)37-54(58)68(62)53-29-27-46(67(9,10)11)36-57(53)70(59)64-42(4)33-44(34-43(64)5)48-24-18-25-50-49-23-15-16-26-61(49)72-65(48)50/h12-38H,1-11H3. The molecule has 13 rings (SSSR count). The molecule has 0 fully saturated rings. The molecule has 2 aliphatic heterocycles. The van der Waals surface area contributed by atoms with Crippen LogP contribution in [0.3, 0.4) is 0 Å².